The zero-order chi connectivity index (χ0) is 14.4. The molecule has 1 atom stereocenters. The Labute approximate surface area is 111 Å². The van der Waals surface area contributed by atoms with Gasteiger partial charge < -0.3 is 19.9 Å². The summed E-state index contributed by atoms with van der Waals surface area (Å²) in [5, 5.41) is 11.1. The Balaban J connectivity index is 2.72. The Morgan fingerprint density at radius 2 is 1.89 bits per heavy atom. The Bertz CT molecular complexity index is 472. The van der Waals surface area contributed by atoms with Crippen LogP contribution in [0.5, 0.6) is 11.5 Å². The molecular formula is C13H17NO5. The summed E-state index contributed by atoms with van der Waals surface area (Å²) in [5.41, 5.74) is 0.715. The average molecular weight is 267 g/mol. The molecule has 1 rings (SSSR count). The van der Waals surface area contributed by atoms with E-state index in [2.05, 4.69) is 5.32 Å². The quantitative estimate of drug-likeness (QED) is 0.797. The second-order valence-corrected chi connectivity index (χ2v) is 3.99. The average Bonchev–Trinajstić information content (AvgIpc) is 2.38. The standard InChI is InChI=1S/C13H17NO5/c1-8(13(16)17)14-12(15)7-9-4-5-10(18-2)11(6-9)19-3/h4-6,8H,7H2,1-3H3,(H,14,15)(H,16,17). The Kier molecular flexibility index (Phi) is 5.17. The van der Waals surface area contributed by atoms with Gasteiger partial charge in [0.25, 0.3) is 0 Å². The first-order chi connectivity index (χ1) is 8.97. The van der Waals surface area contributed by atoms with Gasteiger partial charge in [-0.15, -0.1) is 0 Å². The lowest BCUT2D eigenvalue weighted by Crippen LogP contribution is -2.39. The lowest BCUT2D eigenvalue weighted by Gasteiger charge is -2.11. The number of ether oxygens (including phenoxy) is 2. The van der Waals surface area contributed by atoms with Gasteiger partial charge in [0, 0.05) is 0 Å². The molecule has 104 valence electrons. The molecule has 0 spiro atoms. The highest BCUT2D eigenvalue weighted by Gasteiger charge is 2.14. The van der Waals surface area contributed by atoms with Crippen LogP contribution in [0.3, 0.4) is 0 Å². The van der Waals surface area contributed by atoms with E-state index >= 15 is 0 Å². The number of hydrogen-bond acceptors (Lipinski definition) is 4. The van der Waals surface area contributed by atoms with Crippen LogP contribution in [-0.4, -0.2) is 37.2 Å². The summed E-state index contributed by atoms with van der Waals surface area (Å²) >= 11 is 0. The largest absolute Gasteiger partial charge is 0.493 e. The normalized spacial score (nSPS) is 11.5. The molecule has 1 amide bonds. The molecule has 0 aliphatic rings. The molecule has 0 saturated heterocycles. The highest BCUT2D eigenvalue weighted by molar-refractivity contribution is 5.84. The van der Waals surface area contributed by atoms with Gasteiger partial charge >= 0.3 is 5.97 Å². The maximum Gasteiger partial charge on any atom is 0.325 e. The number of carboxylic acids is 1. The number of rotatable bonds is 6. The molecule has 0 radical (unpaired) electrons. The third-order valence-corrected chi connectivity index (χ3v) is 2.56. The topological polar surface area (TPSA) is 84.9 Å². The van der Waals surface area contributed by atoms with E-state index in [0.29, 0.717) is 17.1 Å². The van der Waals surface area contributed by atoms with Crippen molar-refractivity contribution in [2.75, 3.05) is 14.2 Å². The minimum atomic E-state index is -1.07. The maximum absolute atomic E-state index is 11.6. The first kappa shape index (κ1) is 14.8. The van der Waals surface area contributed by atoms with E-state index in [4.69, 9.17) is 14.6 Å². The van der Waals surface area contributed by atoms with Gasteiger partial charge in [-0.25, -0.2) is 0 Å². The SMILES string of the molecule is COc1ccc(CC(=O)NC(C)C(=O)O)cc1OC. The van der Waals surface area contributed by atoms with Crippen LogP contribution in [0.25, 0.3) is 0 Å². The van der Waals surface area contributed by atoms with Crippen LogP contribution >= 0.6 is 0 Å². The van der Waals surface area contributed by atoms with Crippen molar-refractivity contribution in [1.82, 2.24) is 5.32 Å². The number of nitrogens with one attached hydrogen (secondary N) is 1. The summed E-state index contributed by atoms with van der Waals surface area (Å²) in [4.78, 5) is 22.3. The molecule has 0 saturated carbocycles. The molecule has 6 heteroatoms. The zero-order valence-electron chi connectivity index (χ0n) is 11.1. The van der Waals surface area contributed by atoms with Crippen LogP contribution in [-0.2, 0) is 16.0 Å². The van der Waals surface area contributed by atoms with Crippen molar-refractivity contribution in [3.63, 3.8) is 0 Å². The van der Waals surface area contributed by atoms with Crippen LogP contribution in [0, 0.1) is 0 Å². The number of methoxy groups -OCH3 is 2. The van der Waals surface area contributed by atoms with Crippen LogP contribution in [0.4, 0.5) is 0 Å². The summed E-state index contributed by atoms with van der Waals surface area (Å²) in [6.45, 7) is 1.41. The molecule has 2 N–H and O–H groups in total. The Hall–Kier alpha value is -2.24. The molecule has 6 nitrogen and oxygen atoms in total. The monoisotopic (exact) mass is 267 g/mol. The molecule has 0 bridgehead atoms. The van der Waals surface area contributed by atoms with E-state index in [0.717, 1.165) is 0 Å². The highest BCUT2D eigenvalue weighted by Crippen LogP contribution is 2.27. The third kappa shape index (κ3) is 4.17. The van der Waals surface area contributed by atoms with Crippen molar-refractivity contribution in [2.24, 2.45) is 0 Å². The molecule has 0 heterocycles. The number of carbonyl (C=O) groups excluding carboxylic acids is 1. The van der Waals surface area contributed by atoms with Crippen molar-refractivity contribution in [1.29, 1.82) is 0 Å². The van der Waals surface area contributed by atoms with Crippen LogP contribution in [0.1, 0.15) is 12.5 Å². The van der Waals surface area contributed by atoms with Gasteiger partial charge in [0.2, 0.25) is 5.91 Å². The summed E-state index contributed by atoms with van der Waals surface area (Å²) in [7, 11) is 3.03. The number of hydrogen-bond donors (Lipinski definition) is 2. The predicted octanol–water partition coefficient (Wildman–Crippen LogP) is 0.836. The molecular weight excluding hydrogens is 250 g/mol. The summed E-state index contributed by atoms with van der Waals surface area (Å²) < 4.78 is 10.2. The molecule has 0 fully saturated rings. The van der Waals surface area contributed by atoms with E-state index in [1.54, 1.807) is 18.2 Å². The van der Waals surface area contributed by atoms with Crippen LogP contribution in [0.15, 0.2) is 18.2 Å². The first-order valence-corrected chi connectivity index (χ1v) is 5.71. The molecule has 1 unspecified atom stereocenters. The Morgan fingerprint density at radius 1 is 1.26 bits per heavy atom. The number of benzene rings is 1. The number of aliphatic carboxylic acids is 1. The summed E-state index contributed by atoms with van der Waals surface area (Å²) in [6, 6.07) is 4.20. The summed E-state index contributed by atoms with van der Waals surface area (Å²) in [5.74, 6) is -0.326. The second-order valence-electron chi connectivity index (χ2n) is 3.99. The van der Waals surface area contributed by atoms with Crippen molar-refractivity contribution < 1.29 is 24.2 Å². The van der Waals surface area contributed by atoms with Gasteiger partial charge in [-0.1, -0.05) is 6.07 Å². The van der Waals surface area contributed by atoms with Gasteiger partial charge in [0.05, 0.1) is 20.6 Å². The van der Waals surface area contributed by atoms with Gasteiger partial charge in [0.15, 0.2) is 11.5 Å². The molecule has 19 heavy (non-hydrogen) atoms. The molecule has 1 aromatic carbocycles. The van der Waals surface area contributed by atoms with E-state index < -0.39 is 12.0 Å². The second kappa shape index (κ2) is 6.63. The van der Waals surface area contributed by atoms with Crippen molar-refractivity contribution >= 4 is 11.9 Å². The number of carbonyl (C=O) groups is 2. The predicted molar refractivity (Wildman–Crippen MR) is 68.5 cm³/mol. The molecule has 0 aromatic heterocycles. The minimum Gasteiger partial charge on any atom is -0.493 e. The first-order valence-electron chi connectivity index (χ1n) is 5.71. The fourth-order valence-corrected chi connectivity index (χ4v) is 1.53. The van der Waals surface area contributed by atoms with Crippen molar-refractivity contribution in [3.8, 4) is 11.5 Å². The number of carboxylic acid groups (broad SMARTS) is 1. The minimum absolute atomic E-state index is 0.0813. The number of amides is 1. The van der Waals surface area contributed by atoms with Gasteiger partial charge in [-0.2, -0.15) is 0 Å². The van der Waals surface area contributed by atoms with Crippen molar-refractivity contribution in [2.45, 2.75) is 19.4 Å². The highest BCUT2D eigenvalue weighted by atomic mass is 16.5. The van der Waals surface area contributed by atoms with Crippen LogP contribution in [0.2, 0.25) is 0 Å². The third-order valence-electron chi connectivity index (χ3n) is 2.56. The van der Waals surface area contributed by atoms with Crippen molar-refractivity contribution in [3.05, 3.63) is 23.8 Å². The van der Waals surface area contributed by atoms with Gasteiger partial charge in [-0.3, -0.25) is 9.59 Å². The zero-order valence-corrected chi connectivity index (χ0v) is 11.1. The maximum atomic E-state index is 11.6. The van der Waals surface area contributed by atoms with Gasteiger partial charge in [-0.05, 0) is 24.6 Å². The van der Waals surface area contributed by atoms with E-state index in [1.165, 1.54) is 21.1 Å². The van der Waals surface area contributed by atoms with E-state index in [9.17, 15) is 9.59 Å². The molecule has 0 aliphatic carbocycles. The fraction of sp³-hybridized carbons (Fsp3) is 0.385. The van der Waals surface area contributed by atoms with Crippen LogP contribution < -0.4 is 14.8 Å². The van der Waals surface area contributed by atoms with Gasteiger partial charge in [0.1, 0.15) is 6.04 Å². The molecule has 0 aliphatic heterocycles. The fourth-order valence-electron chi connectivity index (χ4n) is 1.53. The Morgan fingerprint density at radius 3 is 2.42 bits per heavy atom. The summed E-state index contributed by atoms with van der Waals surface area (Å²) in [6.07, 6.45) is 0.0813. The van der Waals surface area contributed by atoms with E-state index in [-0.39, 0.29) is 12.3 Å². The lowest BCUT2D eigenvalue weighted by molar-refractivity contribution is -0.141. The smallest absolute Gasteiger partial charge is 0.325 e. The van der Waals surface area contributed by atoms with E-state index in [1.807, 2.05) is 0 Å². The lowest BCUT2D eigenvalue weighted by atomic mass is 10.1. The molecule has 1 aromatic rings.